The Morgan fingerprint density at radius 2 is 1.74 bits per heavy atom. The van der Waals surface area contributed by atoms with Crippen molar-refractivity contribution in [1.29, 1.82) is 0 Å². The third kappa shape index (κ3) is 5.29. The Kier molecular flexibility index (Phi) is 6.98. The largest absolute Gasteiger partial charge is 0.484 e. The number of para-hydroxylation sites is 2. The second kappa shape index (κ2) is 10.4. The third-order valence-electron chi connectivity index (χ3n) is 4.83. The smallest absolute Gasteiger partial charge is 0.358 e. The lowest BCUT2D eigenvalue weighted by atomic mass is 10.1. The summed E-state index contributed by atoms with van der Waals surface area (Å²) in [5.74, 6) is -0.853. The number of hydrogen-bond donors (Lipinski definition) is 1. The van der Waals surface area contributed by atoms with Gasteiger partial charge in [-0.05, 0) is 49.4 Å². The van der Waals surface area contributed by atoms with Crippen LogP contribution in [0.25, 0.3) is 16.9 Å². The van der Waals surface area contributed by atoms with Crippen molar-refractivity contribution in [1.82, 2.24) is 9.78 Å². The maximum absolute atomic E-state index is 14.6. The van der Waals surface area contributed by atoms with Gasteiger partial charge in [-0.25, -0.2) is 13.9 Å². The second-order valence-corrected chi connectivity index (χ2v) is 7.23. The molecule has 172 valence electrons. The van der Waals surface area contributed by atoms with Crippen molar-refractivity contribution in [3.05, 3.63) is 96.4 Å². The molecule has 8 heteroatoms. The molecular formula is C26H22FN3O4. The summed E-state index contributed by atoms with van der Waals surface area (Å²) in [5, 5.41) is 7.07. The number of carbonyl (C=O) groups excluding carboxylic acids is 2. The summed E-state index contributed by atoms with van der Waals surface area (Å²) in [7, 11) is 0. The number of hydrogen-bond acceptors (Lipinski definition) is 5. The number of amides is 1. The van der Waals surface area contributed by atoms with Gasteiger partial charge < -0.3 is 14.8 Å². The molecule has 0 atom stereocenters. The minimum absolute atomic E-state index is 0.0470. The van der Waals surface area contributed by atoms with Crippen LogP contribution in [0.2, 0.25) is 0 Å². The van der Waals surface area contributed by atoms with Gasteiger partial charge in [-0.15, -0.1) is 0 Å². The molecule has 0 saturated carbocycles. The number of halogens is 1. The van der Waals surface area contributed by atoms with E-state index in [0.29, 0.717) is 22.7 Å². The summed E-state index contributed by atoms with van der Waals surface area (Å²) in [5.41, 5.74) is 1.82. The van der Waals surface area contributed by atoms with E-state index in [1.165, 1.54) is 16.8 Å². The number of nitrogens with one attached hydrogen (secondary N) is 1. The van der Waals surface area contributed by atoms with Crippen molar-refractivity contribution >= 4 is 17.6 Å². The Morgan fingerprint density at radius 3 is 2.50 bits per heavy atom. The molecule has 1 N–H and O–H groups in total. The van der Waals surface area contributed by atoms with Crippen LogP contribution in [0.15, 0.2) is 84.9 Å². The Morgan fingerprint density at radius 1 is 0.971 bits per heavy atom. The summed E-state index contributed by atoms with van der Waals surface area (Å²) in [6.45, 7) is 1.72. The topological polar surface area (TPSA) is 82.5 Å². The highest BCUT2D eigenvalue weighted by atomic mass is 19.1. The van der Waals surface area contributed by atoms with E-state index in [0.717, 1.165) is 0 Å². The first-order valence-electron chi connectivity index (χ1n) is 10.7. The zero-order valence-corrected chi connectivity index (χ0v) is 18.4. The summed E-state index contributed by atoms with van der Waals surface area (Å²) in [6.07, 6.45) is 0. The Bertz CT molecular complexity index is 1300. The lowest BCUT2D eigenvalue weighted by molar-refractivity contribution is -0.118. The molecule has 0 bridgehead atoms. The molecule has 3 aromatic carbocycles. The molecule has 4 aromatic rings. The van der Waals surface area contributed by atoms with Gasteiger partial charge >= 0.3 is 5.97 Å². The molecule has 0 unspecified atom stereocenters. The van der Waals surface area contributed by atoms with E-state index in [-0.39, 0.29) is 30.5 Å². The number of nitrogens with zero attached hydrogens (tertiary/aromatic N) is 2. The number of aromatic nitrogens is 2. The van der Waals surface area contributed by atoms with Crippen LogP contribution in [-0.4, -0.2) is 34.9 Å². The van der Waals surface area contributed by atoms with Gasteiger partial charge in [-0.2, -0.15) is 5.10 Å². The van der Waals surface area contributed by atoms with Gasteiger partial charge in [0.15, 0.2) is 12.3 Å². The van der Waals surface area contributed by atoms with Gasteiger partial charge in [0.25, 0.3) is 5.91 Å². The maximum Gasteiger partial charge on any atom is 0.358 e. The van der Waals surface area contributed by atoms with Gasteiger partial charge in [0.2, 0.25) is 0 Å². The normalized spacial score (nSPS) is 10.5. The van der Waals surface area contributed by atoms with E-state index in [4.69, 9.17) is 9.47 Å². The highest BCUT2D eigenvalue weighted by Gasteiger charge is 2.19. The summed E-state index contributed by atoms with van der Waals surface area (Å²) < 4.78 is 26.4. The molecule has 0 radical (unpaired) electrons. The zero-order chi connectivity index (χ0) is 23.9. The van der Waals surface area contributed by atoms with Crippen molar-refractivity contribution in [2.75, 3.05) is 18.5 Å². The molecule has 1 heterocycles. The van der Waals surface area contributed by atoms with Gasteiger partial charge in [-0.3, -0.25) is 4.79 Å². The number of benzene rings is 3. The molecule has 0 aliphatic heterocycles. The highest BCUT2D eigenvalue weighted by Crippen LogP contribution is 2.28. The number of ether oxygens (including phenoxy) is 2. The fraction of sp³-hybridized carbons (Fsp3) is 0.115. The molecule has 1 amide bonds. The predicted octanol–water partition coefficient (Wildman–Crippen LogP) is 4.87. The second-order valence-electron chi connectivity index (χ2n) is 7.23. The number of rotatable bonds is 8. The number of anilines is 1. The van der Waals surface area contributed by atoms with Gasteiger partial charge in [0.05, 0.1) is 12.3 Å². The molecule has 1 aromatic heterocycles. The van der Waals surface area contributed by atoms with Crippen LogP contribution in [0.1, 0.15) is 17.4 Å². The summed E-state index contributed by atoms with van der Waals surface area (Å²) in [6, 6.07) is 23.6. The van der Waals surface area contributed by atoms with Gasteiger partial charge in [0.1, 0.15) is 17.3 Å². The molecule has 4 rings (SSSR count). The van der Waals surface area contributed by atoms with Crippen LogP contribution < -0.4 is 10.1 Å². The van der Waals surface area contributed by atoms with Crippen molar-refractivity contribution in [2.24, 2.45) is 0 Å². The summed E-state index contributed by atoms with van der Waals surface area (Å²) >= 11 is 0. The third-order valence-corrected chi connectivity index (χ3v) is 4.83. The monoisotopic (exact) mass is 459 g/mol. The average Bonchev–Trinajstić information content (AvgIpc) is 3.30. The molecule has 0 saturated heterocycles. The first-order valence-corrected chi connectivity index (χ1v) is 10.7. The van der Waals surface area contributed by atoms with Crippen LogP contribution >= 0.6 is 0 Å². The Labute approximate surface area is 195 Å². The number of carbonyl (C=O) groups is 2. The van der Waals surface area contributed by atoms with E-state index >= 15 is 0 Å². The van der Waals surface area contributed by atoms with Crippen molar-refractivity contribution < 1.29 is 23.5 Å². The van der Waals surface area contributed by atoms with E-state index < -0.39 is 11.8 Å². The summed E-state index contributed by atoms with van der Waals surface area (Å²) in [4.78, 5) is 24.7. The van der Waals surface area contributed by atoms with Gasteiger partial charge in [-0.1, -0.05) is 42.5 Å². The van der Waals surface area contributed by atoms with E-state index in [1.807, 2.05) is 18.2 Å². The Hall–Kier alpha value is -4.46. The highest BCUT2D eigenvalue weighted by molar-refractivity contribution is 5.93. The predicted molar refractivity (Wildman–Crippen MR) is 125 cm³/mol. The van der Waals surface area contributed by atoms with Crippen LogP contribution in [0.5, 0.6) is 5.75 Å². The van der Waals surface area contributed by atoms with Crippen molar-refractivity contribution in [3.63, 3.8) is 0 Å². The minimum atomic E-state index is -0.610. The lowest BCUT2D eigenvalue weighted by Crippen LogP contribution is -2.20. The van der Waals surface area contributed by atoms with E-state index in [1.54, 1.807) is 61.5 Å². The first kappa shape index (κ1) is 22.7. The van der Waals surface area contributed by atoms with Gasteiger partial charge in [0, 0.05) is 11.3 Å². The first-order chi connectivity index (χ1) is 16.5. The number of esters is 1. The van der Waals surface area contributed by atoms with Crippen LogP contribution in [0, 0.1) is 5.82 Å². The molecule has 7 nitrogen and oxygen atoms in total. The molecule has 0 fully saturated rings. The lowest BCUT2D eigenvalue weighted by Gasteiger charge is -2.11. The Balaban J connectivity index is 1.61. The zero-order valence-electron chi connectivity index (χ0n) is 18.4. The van der Waals surface area contributed by atoms with Crippen LogP contribution in [0.4, 0.5) is 10.1 Å². The van der Waals surface area contributed by atoms with E-state index in [2.05, 4.69) is 10.4 Å². The van der Waals surface area contributed by atoms with Crippen molar-refractivity contribution in [3.8, 4) is 22.7 Å². The minimum Gasteiger partial charge on any atom is -0.484 e. The molecule has 0 aliphatic rings. The standard InChI is InChI=1S/C26H22FN3O4/c1-2-33-26(32)22-16-24(30(29-22)23-14-7-6-13-21(23)27)18-9-8-10-19(15-18)28-25(31)17-34-20-11-4-3-5-12-20/h3-16H,2,17H2,1H3,(H,28,31). The van der Waals surface area contributed by atoms with Crippen molar-refractivity contribution in [2.45, 2.75) is 6.92 Å². The molecular weight excluding hydrogens is 437 g/mol. The average molecular weight is 459 g/mol. The SMILES string of the molecule is CCOC(=O)c1cc(-c2cccc(NC(=O)COc3ccccc3)c2)n(-c2ccccc2F)n1. The fourth-order valence-electron chi connectivity index (χ4n) is 3.32. The molecule has 0 spiro atoms. The molecule has 34 heavy (non-hydrogen) atoms. The van der Waals surface area contributed by atoms with Crippen LogP contribution in [-0.2, 0) is 9.53 Å². The van der Waals surface area contributed by atoms with Crippen LogP contribution in [0.3, 0.4) is 0 Å². The fourth-order valence-corrected chi connectivity index (χ4v) is 3.32. The maximum atomic E-state index is 14.6. The quantitative estimate of drug-likeness (QED) is 0.380. The van der Waals surface area contributed by atoms with E-state index in [9.17, 15) is 14.0 Å². The molecule has 0 aliphatic carbocycles.